The molecule has 0 aliphatic carbocycles. The molecule has 2 atom stereocenters. The molecule has 0 spiro atoms. The topological polar surface area (TPSA) is 40.5 Å². The first-order chi connectivity index (χ1) is 7.16. The van der Waals surface area contributed by atoms with Crippen LogP contribution < -0.4 is 0 Å². The SMILES string of the molecule is CC1CCCN(C(=O)CCCCO)C1C. The summed E-state index contributed by atoms with van der Waals surface area (Å²) in [4.78, 5) is 13.9. The van der Waals surface area contributed by atoms with Crippen LogP contribution in [-0.2, 0) is 4.79 Å². The summed E-state index contributed by atoms with van der Waals surface area (Å²) >= 11 is 0. The summed E-state index contributed by atoms with van der Waals surface area (Å²) in [7, 11) is 0. The molecule has 0 saturated carbocycles. The Labute approximate surface area is 92.5 Å². The summed E-state index contributed by atoms with van der Waals surface area (Å²) in [6, 6.07) is 0.389. The van der Waals surface area contributed by atoms with Gasteiger partial charge in [0.2, 0.25) is 5.91 Å². The number of nitrogens with zero attached hydrogens (tertiary/aromatic N) is 1. The molecular weight excluding hydrogens is 190 g/mol. The molecule has 1 aliphatic rings. The molecule has 1 aliphatic heterocycles. The zero-order valence-electron chi connectivity index (χ0n) is 9.91. The molecule has 88 valence electrons. The second-order valence-electron chi connectivity index (χ2n) is 4.63. The van der Waals surface area contributed by atoms with Gasteiger partial charge in [-0.05, 0) is 38.5 Å². The highest BCUT2D eigenvalue weighted by Gasteiger charge is 2.27. The van der Waals surface area contributed by atoms with Gasteiger partial charge in [-0.2, -0.15) is 0 Å². The molecule has 15 heavy (non-hydrogen) atoms. The Balaban J connectivity index is 2.37. The van der Waals surface area contributed by atoms with Crippen LogP contribution >= 0.6 is 0 Å². The van der Waals surface area contributed by atoms with Crippen LogP contribution in [0.2, 0.25) is 0 Å². The van der Waals surface area contributed by atoms with Crippen LogP contribution in [0.4, 0.5) is 0 Å². The molecule has 3 heteroatoms. The maximum absolute atomic E-state index is 11.9. The molecule has 1 fully saturated rings. The molecule has 0 radical (unpaired) electrons. The van der Waals surface area contributed by atoms with E-state index in [4.69, 9.17) is 5.11 Å². The van der Waals surface area contributed by atoms with Gasteiger partial charge in [-0.25, -0.2) is 0 Å². The van der Waals surface area contributed by atoms with Crippen LogP contribution in [0.15, 0.2) is 0 Å². The number of hydrogen-bond donors (Lipinski definition) is 1. The van der Waals surface area contributed by atoms with Crippen molar-refractivity contribution >= 4 is 5.91 Å². The lowest BCUT2D eigenvalue weighted by Gasteiger charge is -2.38. The van der Waals surface area contributed by atoms with Gasteiger partial charge in [-0.3, -0.25) is 4.79 Å². The van der Waals surface area contributed by atoms with Gasteiger partial charge in [0.15, 0.2) is 0 Å². The third kappa shape index (κ3) is 3.49. The van der Waals surface area contributed by atoms with Crippen molar-refractivity contribution in [2.45, 2.75) is 52.0 Å². The maximum atomic E-state index is 11.9. The van der Waals surface area contributed by atoms with Crippen molar-refractivity contribution < 1.29 is 9.90 Å². The Bertz CT molecular complexity index is 206. The average molecular weight is 213 g/mol. The number of carbonyl (C=O) groups is 1. The second kappa shape index (κ2) is 6.11. The highest BCUT2D eigenvalue weighted by atomic mass is 16.3. The summed E-state index contributed by atoms with van der Waals surface area (Å²) in [5, 5.41) is 8.66. The number of hydrogen-bond acceptors (Lipinski definition) is 2. The maximum Gasteiger partial charge on any atom is 0.222 e. The number of piperidine rings is 1. The van der Waals surface area contributed by atoms with Crippen molar-refractivity contribution in [3.8, 4) is 0 Å². The number of aliphatic hydroxyl groups is 1. The van der Waals surface area contributed by atoms with Crippen molar-refractivity contribution in [2.75, 3.05) is 13.2 Å². The van der Waals surface area contributed by atoms with E-state index in [-0.39, 0.29) is 12.5 Å². The van der Waals surface area contributed by atoms with Gasteiger partial charge in [0.05, 0.1) is 0 Å². The zero-order chi connectivity index (χ0) is 11.3. The van der Waals surface area contributed by atoms with E-state index in [0.717, 1.165) is 25.8 Å². The normalized spacial score (nSPS) is 26.7. The molecule has 1 heterocycles. The minimum Gasteiger partial charge on any atom is -0.396 e. The van der Waals surface area contributed by atoms with Gasteiger partial charge in [0, 0.05) is 25.6 Å². The largest absolute Gasteiger partial charge is 0.396 e. The van der Waals surface area contributed by atoms with Crippen LogP contribution in [0.25, 0.3) is 0 Å². The van der Waals surface area contributed by atoms with Crippen LogP contribution in [0.3, 0.4) is 0 Å². The Morgan fingerprint density at radius 2 is 2.13 bits per heavy atom. The first-order valence-corrected chi connectivity index (χ1v) is 6.07. The Hall–Kier alpha value is -0.570. The van der Waals surface area contributed by atoms with E-state index in [1.54, 1.807) is 0 Å². The van der Waals surface area contributed by atoms with E-state index in [1.165, 1.54) is 6.42 Å². The number of carbonyl (C=O) groups excluding carboxylic acids is 1. The van der Waals surface area contributed by atoms with E-state index in [1.807, 2.05) is 4.90 Å². The summed E-state index contributed by atoms with van der Waals surface area (Å²) in [5.74, 6) is 0.892. The van der Waals surface area contributed by atoms with Gasteiger partial charge < -0.3 is 10.0 Å². The fourth-order valence-electron chi connectivity index (χ4n) is 2.22. The Kier molecular flexibility index (Phi) is 5.09. The molecule has 0 bridgehead atoms. The van der Waals surface area contributed by atoms with Gasteiger partial charge in [0.25, 0.3) is 0 Å². The fourth-order valence-corrected chi connectivity index (χ4v) is 2.22. The first kappa shape index (κ1) is 12.5. The zero-order valence-corrected chi connectivity index (χ0v) is 9.91. The third-order valence-corrected chi connectivity index (χ3v) is 3.49. The highest BCUT2D eigenvalue weighted by Crippen LogP contribution is 2.23. The van der Waals surface area contributed by atoms with Crippen LogP contribution in [0.1, 0.15) is 46.0 Å². The van der Waals surface area contributed by atoms with Crippen LogP contribution in [0.5, 0.6) is 0 Å². The second-order valence-corrected chi connectivity index (χ2v) is 4.63. The number of unbranched alkanes of at least 4 members (excludes halogenated alkanes) is 1. The predicted octanol–water partition coefficient (Wildman–Crippen LogP) is 1.80. The van der Waals surface area contributed by atoms with Crippen molar-refractivity contribution in [1.29, 1.82) is 0 Å². The monoisotopic (exact) mass is 213 g/mol. The number of amides is 1. The molecule has 1 amide bonds. The van der Waals surface area contributed by atoms with E-state index < -0.39 is 0 Å². The lowest BCUT2D eigenvalue weighted by molar-refractivity contribution is -0.135. The minimum absolute atomic E-state index is 0.194. The summed E-state index contributed by atoms with van der Waals surface area (Å²) in [6.45, 7) is 5.48. The molecule has 2 unspecified atom stereocenters. The standard InChI is InChI=1S/C12H23NO2/c1-10-6-5-8-13(11(10)2)12(15)7-3-4-9-14/h10-11,14H,3-9H2,1-2H3. The fraction of sp³-hybridized carbons (Fsp3) is 0.917. The van der Waals surface area contributed by atoms with E-state index in [2.05, 4.69) is 13.8 Å². The van der Waals surface area contributed by atoms with E-state index in [9.17, 15) is 4.79 Å². The van der Waals surface area contributed by atoms with E-state index >= 15 is 0 Å². The van der Waals surface area contributed by atoms with Crippen LogP contribution in [-0.4, -0.2) is 35.1 Å². The van der Waals surface area contributed by atoms with Crippen molar-refractivity contribution in [3.63, 3.8) is 0 Å². The number of aliphatic hydroxyl groups excluding tert-OH is 1. The molecule has 1 N–H and O–H groups in total. The Morgan fingerprint density at radius 3 is 2.80 bits per heavy atom. The van der Waals surface area contributed by atoms with Crippen molar-refractivity contribution in [3.05, 3.63) is 0 Å². The van der Waals surface area contributed by atoms with Crippen molar-refractivity contribution in [1.82, 2.24) is 4.90 Å². The lowest BCUT2D eigenvalue weighted by Crippen LogP contribution is -2.45. The quantitative estimate of drug-likeness (QED) is 0.723. The molecule has 0 aromatic rings. The number of likely N-dealkylation sites (tertiary alicyclic amines) is 1. The average Bonchev–Trinajstić information content (AvgIpc) is 2.22. The van der Waals surface area contributed by atoms with Gasteiger partial charge >= 0.3 is 0 Å². The molecule has 0 aromatic heterocycles. The molecule has 0 aromatic carbocycles. The lowest BCUT2D eigenvalue weighted by atomic mass is 9.92. The summed E-state index contributed by atoms with van der Waals surface area (Å²) in [5.41, 5.74) is 0. The van der Waals surface area contributed by atoms with Gasteiger partial charge in [0.1, 0.15) is 0 Å². The summed E-state index contributed by atoms with van der Waals surface area (Å²) < 4.78 is 0. The molecule has 1 saturated heterocycles. The highest BCUT2D eigenvalue weighted by molar-refractivity contribution is 5.76. The van der Waals surface area contributed by atoms with Gasteiger partial charge in [-0.15, -0.1) is 0 Å². The van der Waals surface area contributed by atoms with E-state index in [0.29, 0.717) is 18.4 Å². The smallest absolute Gasteiger partial charge is 0.222 e. The van der Waals surface area contributed by atoms with Gasteiger partial charge in [-0.1, -0.05) is 6.92 Å². The molecular formula is C12H23NO2. The first-order valence-electron chi connectivity index (χ1n) is 6.07. The predicted molar refractivity (Wildman–Crippen MR) is 60.5 cm³/mol. The third-order valence-electron chi connectivity index (χ3n) is 3.49. The molecule has 1 rings (SSSR count). The minimum atomic E-state index is 0.194. The Morgan fingerprint density at radius 1 is 1.40 bits per heavy atom. The summed E-state index contributed by atoms with van der Waals surface area (Å²) in [6.07, 6.45) is 4.52. The number of rotatable bonds is 4. The van der Waals surface area contributed by atoms with Crippen LogP contribution in [0, 0.1) is 5.92 Å². The van der Waals surface area contributed by atoms with Crippen molar-refractivity contribution in [2.24, 2.45) is 5.92 Å². The molecule has 3 nitrogen and oxygen atoms in total.